The summed E-state index contributed by atoms with van der Waals surface area (Å²) in [6, 6.07) is 7.91. The largest absolute Gasteiger partial charge is 0.478 e. The molecule has 4 nitrogen and oxygen atoms in total. The third-order valence-corrected chi connectivity index (χ3v) is 2.86. The van der Waals surface area contributed by atoms with Crippen LogP contribution in [0, 0.1) is 0 Å². The van der Waals surface area contributed by atoms with E-state index in [2.05, 4.69) is 11.8 Å². The standard InChI is InChI=1S/C15H21NO3/c1-3-16(10-11-19-2)12-14-6-4-13(5-7-14)8-9-15(17)18/h4-9H,3,10-12H2,1-2H3,(H,17,18). The van der Waals surface area contributed by atoms with Gasteiger partial charge in [-0.15, -0.1) is 0 Å². The first-order valence-corrected chi connectivity index (χ1v) is 6.37. The van der Waals surface area contributed by atoms with Gasteiger partial charge in [-0.25, -0.2) is 4.79 Å². The van der Waals surface area contributed by atoms with Crippen molar-refractivity contribution in [2.24, 2.45) is 0 Å². The molecule has 0 fully saturated rings. The molecule has 0 aliphatic carbocycles. The Bertz CT molecular complexity index is 412. The summed E-state index contributed by atoms with van der Waals surface area (Å²) in [4.78, 5) is 12.7. The lowest BCUT2D eigenvalue weighted by Gasteiger charge is -2.19. The van der Waals surface area contributed by atoms with Crippen molar-refractivity contribution >= 4 is 12.0 Å². The van der Waals surface area contributed by atoms with Crippen molar-refractivity contribution in [2.45, 2.75) is 13.5 Å². The zero-order valence-electron chi connectivity index (χ0n) is 11.5. The van der Waals surface area contributed by atoms with E-state index in [-0.39, 0.29) is 0 Å². The van der Waals surface area contributed by atoms with Crippen LogP contribution in [-0.2, 0) is 16.1 Å². The van der Waals surface area contributed by atoms with Gasteiger partial charge in [-0.2, -0.15) is 0 Å². The maximum atomic E-state index is 10.4. The van der Waals surface area contributed by atoms with Crippen molar-refractivity contribution in [2.75, 3.05) is 26.8 Å². The number of aliphatic carboxylic acids is 1. The van der Waals surface area contributed by atoms with E-state index in [1.54, 1.807) is 13.2 Å². The van der Waals surface area contributed by atoms with E-state index in [0.29, 0.717) is 0 Å². The van der Waals surface area contributed by atoms with Crippen LogP contribution < -0.4 is 0 Å². The first-order valence-electron chi connectivity index (χ1n) is 6.37. The highest BCUT2D eigenvalue weighted by Gasteiger charge is 2.03. The maximum Gasteiger partial charge on any atom is 0.328 e. The Balaban J connectivity index is 2.57. The van der Waals surface area contributed by atoms with Crippen molar-refractivity contribution in [3.05, 3.63) is 41.5 Å². The van der Waals surface area contributed by atoms with Crippen LogP contribution in [-0.4, -0.2) is 42.8 Å². The van der Waals surface area contributed by atoms with Gasteiger partial charge < -0.3 is 9.84 Å². The quantitative estimate of drug-likeness (QED) is 0.731. The van der Waals surface area contributed by atoms with Gasteiger partial charge in [-0.1, -0.05) is 31.2 Å². The summed E-state index contributed by atoms with van der Waals surface area (Å²) in [6.45, 7) is 5.62. The van der Waals surface area contributed by atoms with E-state index in [4.69, 9.17) is 9.84 Å². The first-order chi connectivity index (χ1) is 9.15. The number of hydrogen-bond donors (Lipinski definition) is 1. The van der Waals surface area contributed by atoms with Gasteiger partial charge in [-0.05, 0) is 23.7 Å². The van der Waals surface area contributed by atoms with E-state index in [1.807, 2.05) is 24.3 Å². The van der Waals surface area contributed by atoms with Crippen molar-refractivity contribution in [3.63, 3.8) is 0 Å². The summed E-state index contributed by atoms with van der Waals surface area (Å²) in [5.41, 5.74) is 2.11. The lowest BCUT2D eigenvalue weighted by molar-refractivity contribution is -0.131. The number of carbonyl (C=O) groups is 1. The van der Waals surface area contributed by atoms with E-state index < -0.39 is 5.97 Å². The molecular formula is C15H21NO3. The normalized spacial score (nSPS) is 11.3. The van der Waals surface area contributed by atoms with Gasteiger partial charge in [0.1, 0.15) is 0 Å². The van der Waals surface area contributed by atoms with Crippen LogP contribution in [0.4, 0.5) is 0 Å². The number of likely N-dealkylation sites (N-methyl/N-ethyl adjacent to an activating group) is 1. The lowest BCUT2D eigenvalue weighted by Crippen LogP contribution is -2.26. The molecule has 0 atom stereocenters. The van der Waals surface area contributed by atoms with Gasteiger partial charge in [0, 0.05) is 26.3 Å². The fourth-order valence-corrected chi connectivity index (χ4v) is 1.73. The van der Waals surface area contributed by atoms with Crippen LogP contribution in [0.1, 0.15) is 18.1 Å². The number of nitrogens with zero attached hydrogens (tertiary/aromatic N) is 1. The molecule has 0 aromatic heterocycles. The number of hydrogen-bond acceptors (Lipinski definition) is 3. The Hall–Kier alpha value is -1.65. The Morgan fingerprint density at radius 2 is 2.05 bits per heavy atom. The van der Waals surface area contributed by atoms with Crippen LogP contribution in [0.3, 0.4) is 0 Å². The third-order valence-electron chi connectivity index (χ3n) is 2.86. The molecule has 0 radical (unpaired) electrons. The van der Waals surface area contributed by atoms with E-state index in [1.165, 1.54) is 5.56 Å². The van der Waals surface area contributed by atoms with Crippen LogP contribution >= 0.6 is 0 Å². The SMILES string of the molecule is CCN(CCOC)Cc1ccc(C=CC(=O)O)cc1. The highest BCUT2D eigenvalue weighted by atomic mass is 16.5. The summed E-state index contributed by atoms with van der Waals surface area (Å²) in [7, 11) is 1.71. The lowest BCUT2D eigenvalue weighted by atomic mass is 10.1. The van der Waals surface area contributed by atoms with Gasteiger partial charge in [0.25, 0.3) is 0 Å². The molecule has 19 heavy (non-hydrogen) atoms. The molecule has 1 rings (SSSR count). The number of methoxy groups -OCH3 is 1. The molecule has 1 aromatic carbocycles. The number of ether oxygens (including phenoxy) is 1. The monoisotopic (exact) mass is 263 g/mol. The van der Waals surface area contributed by atoms with E-state index in [0.717, 1.165) is 37.9 Å². The molecule has 104 valence electrons. The zero-order valence-corrected chi connectivity index (χ0v) is 11.5. The van der Waals surface area contributed by atoms with Crippen LogP contribution in [0.25, 0.3) is 6.08 Å². The Labute approximate surface area is 114 Å². The van der Waals surface area contributed by atoms with Gasteiger partial charge in [0.15, 0.2) is 0 Å². The fourth-order valence-electron chi connectivity index (χ4n) is 1.73. The molecule has 0 unspecified atom stereocenters. The Morgan fingerprint density at radius 1 is 1.37 bits per heavy atom. The number of benzene rings is 1. The predicted octanol–water partition coefficient (Wildman–Crippen LogP) is 2.25. The average Bonchev–Trinajstić information content (AvgIpc) is 2.42. The molecule has 0 aliphatic rings. The van der Waals surface area contributed by atoms with Crippen molar-refractivity contribution in [3.8, 4) is 0 Å². The average molecular weight is 263 g/mol. The second-order valence-electron chi connectivity index (χ2n) is 4.27. The topological polar surface area (TPSA) is 49.8 Å². The Kier molecular flexibility index (Phi) is 6.85. The van der Waals surface area contributed by atoms with Crippen LogP contribution in [0.15, 0.2) is 30.3 Å². The molecule has 0 amide bonds. The Morgan fingerprint density at radius 3 is 2.58 bits per heavy atom. The molecule has 0 saturated carbocycles. The van der Waals surface area contributed by atoms with E-state index in [9.17, 15) is 4.79 Å². The van der Waals surface area contributed by atoms with Gasteiger partial charge >= 0.3 is 5.97 Å². The molecule has 0 spiro atoms. The molecule has 0 bridgehead atoms. The minimum atomic E-state index is -0.930. The third kappa shape index (κ3) is 6.18. The second-order valence-corrected chi connectivity index (χ2v) is 4.27. The smallest absolute Gasteiger partial charge is 0.328 e. The second kappa shape index (κ2) is 8.45. The molecule has 1 aromatic rings. The molecular weight excluding hydrogens is 242 g/mol. The van der Waals surface area contributed by atoms with Gasteiger partial charge in [0.05, 0.1) is 6.61 Å². The van der Waals surface area contributed by atoms with Crippen molar-refractivity contribution < 1.29 is 14.6 Å². The molecule has 1 N–H and O–H groups in total. The minimum Gasteiger partial charge on any atom is -0.478 e. The highest BCUT2D eigenvalue weighted by molar-refractivity contribution is 5.85. The van der Waals surface area contributed by atoms with Gasteiger partial charge in [-0.3, -0.25) is 4.90 Å². The summed E-state index contributed by atoms with van der Waals surface area (Å²) in [5, 5.41) is 8.56. The number of rotatable bonds is 8. The molecule has 0 aliphatic heterocycles. The minimum absolute atomic E-state index is 0.729. The van der Waals surface area contributed by atoms with Gasteiger partial charge in [0.2, 0.25) is 0 Å². The number of carboxylic acid groups (broad SMARTS) is 1. The molecule has 4 heteroatoms. The van der Waals surface area contributed by atoms with Crippen LogP contribution in [0.5, 0.6) is 0 Å². The highest BCUT2D eigenvalue weighted by Crippen LogP contribution is 2.09. The summed E-state index contributed by atoms with van der Waals surface area (Å²) in [6.07, 6.45) is 2.74. The van der Waals surface area contributed by atoms with Crippen molar-refractivity contribution in [1.29, 1.82) is 0 Å². The predicted molar refractivity (Wildman–Crippen MR) is 75.9 cm³/mol. The number of carboxylic acids is 1. The molecule has 0 saturated heterocycles. The summed E-state index contributed by atoms with van der Waals surface area (Å²) in [5.74, 6) is -0.930. The van der Waals surface area contributed by atoms with Crippen LogP contribution in [0.2, 0.25) is 0 Å². The molecule has 0 heterocycles. The fraction of sp³-hybridized carbons (Fsp3) is 0.400. The summed E-state index contributed by atoms with van der Waals surface area (Å²) < 4.78 is 5.08. The maximum absolute atomic E-state index is 10.4. The van der Waals surface area contributed by atoms with Crippen molar-refractivity contribution in [1.82, 2.24) is 4.90 Å². The zero-order chi connectivity index (χ0) is 14.1. The first kappa shape index (κ1) is 15.4. The van der Waals surface area contributed by atoms with E-state index >= 15 is 0 Å². The summed E-state index contributed by atoms with van der Waals surface area (Å²) >= 11 is 0.